The van der Waals surface area contributed by atoms with Crippen LogP contribution >= 0.6 is 0 Å². The number of rotatable bonds is 0. The Balaban J connectivity index is 1.98. The summed E-state index contributed by atoms with van der Waals surface area (Å²) in [5, 5.41) is 10.4. The van der Waals surface area contributed by atoms with E-state index in [1.54, 1.807) is 0 Å². The topological polar surface area (TPSA) is 20.2 Å². The Hall–Kier alpha value is -0.300. The largest absolute Gasteiger partial charge is 0.389 e. The van der Waals surface area contributed by atoms with Crippen molar-refractivity contribution < 1.29 is 5.11 Å². The lowest BCUT2D eigenvalue weighted by Crippen LogP contribution is -2.54. The number of hydrogen-bond donors (Lipinski definition) is 1. The molecule has 3 fully saturated rings. The zero-order valence-corrected chi connectivity index (χ0v) is 14.5. The number of hydrogen-bond acceptors (Lipinski definition) is 1. The SMILES string of the molecule is C=C1CCC2C(C)(CCC3C(C)(C)CCCC32C)CC1O. The highest BCUT2D eigenvalue weighted by Gasteiger charge is 2.58. The molecule has 0 aromatic rings. The molecule has 0 spiro atoms. The van der Waals surface area contributed by atoms with Crippen LogP contribution in [0.3, 0.4) is 0 Å². The molecule has 3 aliphatic rings. The summed E-state index contributed by atoms with van der Waals surface area (Å²) in [6.45, 7) is 14.2. The van der Waals surface area contributed by atoms with Crippen LogP contribution in [0, 0.1) is 28.1 Å². The summed E-state index contributed by atoms with van der Waals surface area (Å²) in [6.07, 6.45) is 9.78. The third-order valence-corrected chi connectivity index (χ3v) is 7.80. The van der Waals surface area contributed by atoms with Gasteiger partial charge < -0.3 is 5.11 Å². The van der Waals surface area contributed by atoms with E-state index in [0.717, 1.165) is 30.3 Å². The van der Waals surface area contributed by atoms with E-state index in [-0.39, 0.29) is 6.10 Å². The zero-order chi connectivity index (χ0) is 15.5. The van der Waals surface area contributed by atoms with Crippen LogP contribution in [0.2, 0.25) is 0 Å². The van der Waals surface area contributed by atoms with Gasteiger partial charge in [-0.05, 0) is 78.6 Å². The number of aliphatic hydroxyl groups excluding tert-OH is 1. The summed E-state index contributed by atoms with van der Waals surface area (Å²) >= 11 is 0. The highest BCUT2D eigenvalue weighted by atomic mass is 16.3. The van der Waals surface area contributed by atoms with Crippen molar-refractivity contribution >= 4 is 0 Å². The quantitative estimate of drug-likeness (QED) is 0.597. The Kier molecular flexibility index (Phi) is 3.60. The first-order valence-corrected chi connectivity index (χ1v) is 9.05. The summed E-state index contributed by atoms with van der Waals surface area (Å²) in [4.78, 5) is 0. The molecule has 1 heteroatoms. The first kappa shape index (κ1) is 15.6. The molecule has 0 aromatic heterocycles. The lowest BCUT2D eigenvalue weighted by atomic mass is 9.42. The molecule has 21 heavy (non-hydrogen) atoms. The van der Waals surface area contributed by atoms with Crippen molar-refractivity contribution in [2.75, 3.05) is 0 Å². The van der Waals surface area contributed by atoms with Gasteiger partial charge in [0.2, 0.25) is 0 Å². The molecule has 120 valence electrons. The van der Waals surface area contributed by atoms with Crippen LogP contribution in [0.5, 0.6) is 0 Å². The molecule has 1 nitrogen and oxygen atoms in total. The average molecular weight is 290 g/mol. The molecule has 0 amide bonds. The molecule has 1 N–H and O–H groups in total. The van der Waals surface area contributed by atoms with Gasteiger partial charge in [-0.2, -0.15) is 0 Å². The molecule has 0 radical (unpaired) electrons. The minimum Gasteiger partial charge on any atom is -0.389 e. The smallest absolute Gasteiger partial charge is 0.0752 e. The van der Waals surface area contributed by atoms with Crippen molar-refractivity contribution in [3.8, 4) is 0 Å². The predicted molar refractivity (Wildman–Crippen MR) is 89.1 cm³/mol. The lowest BCUT2D eigenvalue weighted by molar-refractivity contribution is -0.135. The average Bonchev–Trinajstić information content (AvgIpc) is 2.46. The molecule has 0 heterocycles. The Morgan fingerprint density at radius 2 is 1.71 bits per heavy atom. The second-order valence-corrected chi connectivity index (χ2v) is 9.56. The monoisotopic (exact) mass is 290 g/mol. The molecular formula is C20H34O. The van der Waals surface area contributed by atoms with Crippen LogP contribution in [0.25, 0.3) is 0 Å². The molecule has 0 aliphatic heterocycles. The van der Waals surface area contributed by atoms with Gasteiger partial charge in [0, 0.05) is 0 Å². The van der Waals surface area contributed by atoms with E-state index in [9.17, 15) is 5.11 Å². The van der Waals surface area contributed by atoms with Crippen LogP contribution in [0.1, 0.15) is 79.1 Å². The standard InChI is InChI=1S/C20H34O/c1-14-7-8-17-19(4,13-15(14)21)12-9-16-18(2,3)10-6-11-20(16,17)5/h15-17,21H,1,6-13H2,2-5H3. The highest BCUT2D eigenvalue weighted by Crippen LogP contribution is 2.66. The van der Waals surface area contributed by atoms with Gasteiger partial charge in [-0.3, -0.25) is 0 Å². The maximum absolute atomic E-state index is 10.4. The van der Waals surface area contributed by atoms with Gasteiger partial charge in [0.15, 0.2) is 0 Å². The van der Waals surface area contributed by atoms with Crippen molar-refractivity contribution in [3.05, 3.63) is 12.2 Å². The Morgan fingerprint density at radius 1 is 1.00 bits per heavy atom. The second-order valence-electron chi connectivity index (χ2n) is 9.56. The fourth-order valence-corrected chi connectivity index (χ4v) is 6.75. The molecule has 5 atom stereocenters. The number of fused-ring (bicyclic) bond motifs is 3. The van der Waals surface area contributed by atoms with Crippen molar-refractivity contribution in [1.29, 1.82) is 0 Å². The fraction of sp³-hybridized carbons (Fsp3) is 0.900. The van der Waals surface area contributed by atoms with Crippen LogP contribution in [0.15, 0.2) is 12.2 Å². The van der Waals surface area contributed by atoms with E-state index in [4.69, 9.17) is 0 Å². The maximum Gasteiger partial charge on any atom is 0.0752 e. The highest BCUT2D eigenvalue weighted by molar-refractivity contribution is 5.14. The van der Waals surface area contributed by atoms with Crippen molar-refractivity contribution in [2.45, 2.75) is 85.2 Å². The van der Waals surface area contributed by atoms with Gasteiger partial charge in [-0.1, -0.05) is 40.7 Å². The van der Waals surface area contributed by atoms with Crippen molar-refractivity contribution in [2.24, 2.45) is 28.1 Å². The Morgan fingerprint density at radius 3 is 2.43 bits per heavy atom. The van der Waals surface area contributed by atoms with Crippen LogP contribution in [-0.2, 0) is 0 Å². The third-order valence-electron chi connectivity index (χ3n) is 7.80. The summed E-state index contributed by atoms with van der Waals surface area (Å²) in [5.74, 6) is 1.62. The molecule has 5 unspecified atom stereocenters. The molecule has 3 rings (SSSR count). The molecule has 0 aromatic carbocycles. The fourth-order valence-electron chi connectivity index (χ4n) is 6.75. The third kappa shape index (κ3) is 2.31. The summed E-state index contributed by atoms with van der Waals surface area (Å²) < 4.78 is 0. The first-order valence-electron chi connectivity index (χ1n) is 9.05. The van der Waals surface area contributed by atoms with Crippen LogP contribution in [0.4, 0.5) is 0 Å². The molecule has 0 bridgehead atoms. The minimum atomic E-state index is -0.267. The summed E-state index contributed by atoms with van der Waals surface area (Å²) in [7, 11) is 0. The molecule has 0 saturated heterocycles. The van der Waals surface area contributed by atoms with Crippen molar-refractivity contribution in [1.82, 2.24) is 0 Å². The van der Waals surface area contributed by atoms with Gasteiger partial charge in [0.25, 0.3) is 0 Å². The first-order chi connectivity index (χ1) is 9.69. The van der Waals surface area contributed by atoms with E-state index >= 15 is 0 Å². The lowest BCUT2D eigenvalue weighted by Gasteiger charge is -2.62. The normalized spacial score (nSPS) is 50.0. The summed E-state index contributed by atoms with van der Waals surface area (Å²) in [6, 6.07) is 0. The van der Waals surface area contributed by atoms with Gasteiger partial charge >= 0.3 is 0 Å². The minimum absolute atomic E-state index is 0.267. The van der Waals surface area contributed by atoms with Gasteiger partial charge in [0.05, 0.1) is 6.10 Å². The van der Waals surface area contributed by atoms with Crippen LogP contribution < -0.4 is 0 Å². The van der Waals surface area contributed by atoms with Gasteiger partial charge in [-0.15, -0.1) is 0 Å². The van der Waals surface area contributed by atoms with Crippen LogP contribution in [-0.4, -0.2) is 11.2 Å². The summed E-state index contributed by atoms with van der Waals surface area (Å²) in [5.41, 5.74) is 2.37. The molecule has 3 saturated carbocycles. The molecule has 3 aliphatic carbocycles. The van der Waals surface area contributed by atoms with E-state index in [1.807, 2.05) is 0 Å². The van der Waals surface area contributed by atoms with Gasteiger partial charge in [0.1, 0.15) is 0 Å². The second kappa shape index (κ2) is 4.85. The molecular weight excluding hydrogens is 256 g/mol. The van der Waals surface area contributed by atoms with E-state index < -0.39 is 0 Å². The van der Waals surface area contributed by atoms with Gasteiger partial charge in [-0.25, -0.2) is 0 Å². The van der Waals surface area contributed by atoms with E-state index in [2.05, 4.69) is 34.3 Å². The van der Waals surface area contributed by atoms with Crippen molar-refractivity contribution in [3.63, 3.8) is 0 Å². The zero-order valence-electron chi connectivity index (χ0n) is 14.5. The Labute approximate surface area is 131 Å². The predicted octanol–water partition coefficient (Wildman–Crippen LogP) is 5.34. The van der Waals surface area contributed by atoms with E-state index in [0.29, 0.717) is 16.2 Å². The Bertz CT molecular complexity index is 437. The number of aliphatic hydroxyl groups is 1. The maximum atomic E-state index is 10.4. The van der Waals surface area contributed by atoms with E-state index in [1.165, 1.54) is 38.5 Å².